The van der Waals surface area contributed by atoms with Gasteiger partial charge in [-0.1, -0.05) is 18.2 Å². The Morgan fingerprint density at radius 2 is 1.79 bits per heavy atom. The fourth-order valence-corrected chi connectivity index (χ4v) is 4.47. The van der Waals surface area contributed by atoms with Gasteiger partial charge in [0.2, 0.25) is 10.0 Å². The molecule has 0 aromatic heterocycles. The first-order chi connectivity index (χ1) is 13.4. The van der Waals surface area contributed by atoms with Crippen LogP contribution in [0.15, 0.2) is 59.5 Å². The molecule has 9 heteroatoms. The summed E-state index contributed by atoms with van der Waals surface area (Å²) in [6.45, 7) is 1.48. The summed E-state index contributed by atoms with van der Waals surface area (Å²) < 4.78 is 40.7. The summed E-state index contributed by atoms with van der Waals surface area (Å²) in [6.07, 6.45) is 2.51. The molecule has 1 aliphatic heterocycles. The van der Waals surface area contributed by atoms with E-state index in [1.807, 2.05) is 4.90 Å². The third kappa shape index (κ3) is 4.56. The summed E-state index contributed by atoms with van der Waals surface area (Å²) in [5.74, 6) is -1.03. The van der Waals surface area contributed by atoms with Gasteiger partial charge in [-0.05, 0) is 42.0 Å². The highest BCUT2D eigenvalue weighted by Gasteiger charge is 2.28. The molecular weight excluding hydrogens is 385 g/mol. The predicted molar refractivity (Wildman–Crippen MR) is 103 cm³/mol. The highest BCUT2D eigenvalue weighted by Crippen LogP contribution is 2.22. The molecule has 7 nitrogen and oxygen atoms in total. The number of hydrogen-bond acceptors (Lipinski definition) is 5. The van der Waals surface area contributed by atoms with E-state index in [9.17, 15) is 17.6 Å². The van der Waals surface area contributed by atoms with Crippen molar-refractivity contribution in [1.82, 2.24) is 9.79 Å². The van der Waals surface area contributed by atoms with Gasteiger partial charge in [0, 0.05) is 37.9 Å². The second-order valence-corrected chi connectivity index (χ2v) is 8.19. The van der Waals surface area contributed by atoms with E-state index in [-0.39, 0.29) is 23.8 Å². The Bertz CT molecular complexity index is 986. The van der Waals surface area contributed by atoms with Crippen molar-refractivity contribution in [2.75, 3.05) is 31.1 Å². The predicted octanol–water partition coefficient (Wildman–Crippen LogP) is 1.86. The molecular formula is C19H20FN3O4S. The molecule has 2 aromatic rings. The first kappa shape index (κ1) is 20.0. The van der Waals surface area contributed by atoms with Crippen LogP contribution in [-0.4, -0.2) is 50.0 Å². The molecule has 0 aliphatic carbocycles. The topological polar surface area (TPSA) is 90.0 Å². The molecule has 2 aromatic carbocycles. The summed E-state index contributed by atoms with van der Waals surface area (Å²) in [5, 5.41) is 8.51. The van der Waals surface area contributed by atoms with Gasteiger partial charge in [0.1, 0.15) is 5.82 Å². The van der Waals surface area contributed by atoms with Crippen LogP contribution in [0.3, 0.4) is 0 Å². The minimum Gasteiger partial charge on any atom is -0.369 e. The van der Waals surface area contributed by atoms with Crippen LogP contribution in [0.1, 0.15) is 5.56 Å². The third-order valence-corrected chi connectivity index (χ3v) is 6.34. The number of piperazine rings is 1. The Labute approximate surface area is 162 Å². The summed E-state index contributed by atoms with van der Waals surface area (Å²) in [4.78, 5) is 13.2. The van der Waals surface area contributed by atoms with Crippen LogP contribution in [0.25, 0.3) is 6.08 Å². The van der Waals surface area contributed by atoms with Crippen molar-refractivity contribution in [3.05, 3.63) is 66.0 Å². The van der Waals surface area contributed by atoms with Gasteiger partial charge in [-0.2, -0.15) is 4.31 Å². The van der Waals surface area contributed by atoms with Crippen molar-refractivity contribution in [3.63, 3.8) is 0 Å². The first-order valence-corrected chi connectivity index (χ1v) is 10.1. The lowest BCUT2D eigenvalue weighted by Crippen LogP contribution is -2.48. The number of sulfonamides is 1. The smallest absolute Gasteiger partial charge is 0.267 e. The molecule has 148 valence electrons. The number of hydroxylamine groups is 1. The molecule has 0 saturated carbocycles. The molecule has 1 heterocycles. The molecule has 1 aliphatic rings. The van der Waals surface area contributed by atoms with Gasteiger partial charge in [-0.25, -0.2) is 18.3 Å². The SMILES string of the molecule is O=C(C=Cc1cccc(S(=O)(=O)N2CCN(c3cccc(F)c3)CC2)c1)NO. The fourth-order valence-electron chi connectivity index (χ4n) is 3.00. The average Bonchev–Trinajstić information content (AvgIpc) is 2.72. The molecule has 0 atom stereocenters. The normalized spacial score (nSPS) is 15.7. The molecule has 0 bridgehead atoms. The number of nitrogens with one attached hydrogen (secondary N) is 1. The number of amides is 1. The number of halogens is 1. The van der Waals surface area contributed by atoms with E-state index in [0.29, 0.717) is 18.7 Å². The number of anilines is 1. The Kier molecular flexibility index (Phi) is 6.08. The molecule has 1 saturated heterocycles. The highest BCUT2D eigenvalue weighted by atomic mass is 32.2. The zero-order valence-corrected chi connectivity index (χ0v) is 15.8. The minimum absolute atomic E-state index is 0.123. The van der Waals surface area contributed by atoms with Crippen LogP contribution in [0.2, 0.25) is 0 Å². The minimum atomic E-state index is -3.69. The molecule has 1 amide bonds. The standard InChI is InChI=1S/C19H20FN3O4S/c20-16-4-2-5-17(14-16)22-9-11-23(12-10-22)28(26,27)18-6-1-3-15(13-18)7-8-19(24)21-25/h1-8,13-14,25H,9-12H2,(H,21,24). The largest absolute Gasteiger partial charge is 0.369 e. The Morgan fingerprint density at radius 1 is 1.07 bits per heavy atom. The molecule has 3 rings (SSSR count). The van der Waals surface area contributed by atoms with Gasteiger partial charge in [0.15, 0.2) is 0 Å². The van der Waals surface area contributed by atoms with Gasteiger partial charge < -0.3 is 4.90 Å². The number of hydrogen-bond donors (Lipinski definition) is 2. The molecule has 28 heavy (non-hydrogen) atoms. The highest BCUT2D eigenvalue weighted by molar-refractivity contribution is 7.89. The van der Waals surface area contributed by atoms with Crippen molar-refractivity contribution in [3.8, 4) is 0 Å². The fraction of sp³-hybridized carbons (Fsp3) is 0.211. The average molecular weight is 405 g/mol. The van der Waals surface area contributed by atoms with Gasteiger partial charge in [0.05, 0.1) is 4.90 Å². The van der Waals surface area contributed by atoms with Crippen LogP contribution in [-0.2, 0) is 14.8 Å². The van der Waals surface area contributed by atoms with Crippen molar-refractivity contribution < 1.29 is 22.8 Å². The van der Waals surface area contributed by atoms with Crippen LogP contribution in [0.5, 0.6) is 0 Å². The summed E-state index contributed by atoms with van der Waals surface area (Å²) >= 11 is 0. The van der Waals surface area contributed by atoms with Crippen LogP contribution < -0.4 is 10.4 Å². The lowest BCUT2D eigenvalue weighted by molar-refractivity contribution is -0.124. The maximum absolute atomic E-state index is 13.4. The molecule has 2 N–H and O–H groups in total. The summed E-state index contributed by atoms with van der Waals surface area (Å²) in [5.41, 5.74) is 2.72. The van der Waals surface area contributed by atoms with Crippen LogP contribution >= 0.6 is 0 Å². The number of carbonyl (C=O) groups excluding carboxylic acids is 1. The molecule has 0 unspecified atom stereocenters. The second-order valence-electron chi connectivity index (χ2n) is 6.25. The van der Waals surface area contributed by atoms with E-state index in [1.165, 1.54) is 40.1 Å². The number of nitrogens with zero attached hydrogens (tertiary/aromatic N) is 2. The molecule has 0 radical (unpaired) electrons. The molecule has 1 fully saturated rings. The lowest BCUT2D eigenvalue weighted by atomic mass is 10.2. The van der Waals surface area contributed by atoms with E-state index < -0.39 is 15.9 Å². The maximum Gasteiger partial charge on any atom is 0.267 e. The van der Waals surface area contributed by atoms with E-state index in [2.05, 4.69) is 0 Å². The quantitative estimate of drug-likeness (QED) is 0.450. The number of rotatable bonds is 5. The zero-order valence-electron chi connectivity index (χ0n) is 15.0. The van der Waals surface area contributed by atoms with Crippen molar-refractivity contribution >= 4 is 27.7 Å². The first-order valence-electron chi connectivity index (χ1n) is 8.63. The van der Waals surface area contributed by atoms with Gasteiger partial charge in [0.25, 0.3) is 5.91 Å². The Balaban J connectivity index is 1.72. The van der Waals surface area contributed by atoms with E-state index in [1.54, 1.807) is 24.3 Å². The monoisotopic (exact) mass is 405 g/mol. The zero-order chi connectivity index (χ0) is 20.1. The van der Waals surface area contributed by atoms with Gasteiger partial charge in [-0.15, -0.1) is 0 Å². The van der Waals surface area contributed by atoms with E-state index >= 15 is 0 Å². The second kappa shape index (κ2) is 8.51. The number of benzene rings is 2. The van der Waals surface area contributed by atoms with E-state index in [4.69, 9.17) is 5.21 Å². The maximum atomic E-state index is 13.4. The lowest BCUT2D eigenvalue weighted by Gasteiger charge is -2.35. The Hall–Kier alpha value is -2.75. The van der Waals surface area contributed by atoms with Crippen molar-refractivity contribution in [2.45, 2.75) is 4.90 Å². The van der Waals surface area contributed by atoms with Gasteiger partial charge in [-0.3, -0.25) is 10.0 Å². The molecule has 0 spiro atoms. The van der Waals surface area contributed by atoms with Crippen LogP contribution in [0.4, 0.5) is 10.1 Å². The van der Waals surface area contributed by atoms with Gasteiger partial charge >= 0.3 is 0 Å². The summed E-state index contributed by atoms with van der Waals surface area (Å²) in [7, 11) is -3.69. The van der Waals surface area contributed by atoms with Crippen molar-refractivity contribution in [2.24, 2.45) is 0 Å². The number of carbonyl (C=O) groups is 1. The third-order valence-electron chi connectivity index (χ3n) is 4.45. The van der Waals surface area contributed by atoms with E-state index in [0.717, 1.165) is 11.8 Å². The van der Waals surface area contributed by atoms with Crippen LogP contribution in [0, 0.1) is 5.82 Å². The summed E-state index contributed by atoms with van der Waals surface area (Å²) in [6, 6.07) is 12.4. The Morgan fingerprint density at radius 3 is 2.46 bits per heavy atom. The van der Waals surface area contributed by atoms with Crippen molar-refractivity contribution in [1.29, 1.82) is 0 Å².